The number of carboxylic acid groups (broad SMARTS) is 1. The van der Waals surface area contributed by atoms with Gasteiger partial charge in [0.25, 0.3) is 0 Å². The molecule has 120 valence electrons. The van der Waals surface area contributed by atoms with Crippen molar-refractivity contribution in [3.05, 3.63) is 0 Å². The van der Waals surface area contributed by atoms with Gasteiger partial charge in [0.2, 0.25) is 11.8 Å². The Morgan fingerprint density at radius 3 is 2.05 bits per heavy atom. The summed E-state index contributed by atoms with van der Waals surface area (Å²) >= 11 is 1.09. The Balaban J connectivity index is 4.26. The maximum atomic E-state index is 11.7. The molecule has 2 amide bonds. The van der Waals surface area contributed by atoms with E-state index in [9.17, 15) is 19.2 Å². The number of carbonyl (C=O) groups is 4. The summed E-state index contributed by atoms with van der Waals surface area (Å²) in [6.07, 6.45) is 0. The van der Waals surface area contributed by atoms with Crippen molar-refractivity contribution in [1.29, 1.82) is 0 Å². The van der Waals surface area contributed by atoms with Crippen LogP contribution in [0.1, 0.15) is 27.7 Å². The quantitative estimate of drug-likeness (QED) is 0.553. The van der Waals surface area contributed by atoms with Crippen molar-refractivity contribution in [3.63, 3.8) is 0 Å². The van der Waals surface area contributed by atoms with E-state index in [1.165, 1.54) is 13.8 Å². The van der Waals surface area contributed by atoms with Crippen LogP contribution in [0.2, 0.25) is 0 Å². The summed E-state index contributed by atoms with van der Waals surface area (Å²) < 4.78 is 0. The topological polar surface area (TPSA) is 113 Å². The lowest BCUT2D eigenvalue weighted by Gasteiger charge is -2.19. The van der Waals surface area contributed by atoms with Crippen LogP contribution in [0.5, 0.6) is 0 Å². The van der Waals surface area contributed by atoms with E-state index in [2.05, 4.69) is 10.6 Å². The Bertz CT molecular complexity index is 411. The molecule has 0 saturated carbocycles. The number of hydrogen-bond acceptors (Lipinski definition) is 5. The Morgan fingerprint density at radius 2 is 1.67 bits per heavy atom. The molecular formula is C13H22N2O5S. The van der Waals surface area contributed by atoms with Gasteiger partial charge in [-0.15, -0.1) is 11.8 Å². The van der Waals surface area contributed by atoms with Gasteiger partial charge in [0.05, 0.1) is 11.8 Å². The van der Waals surface area contributed by atoms with Crippen LogP contribution in [0.15, 0.2) is 0 Å². The maximum absolute atomic E-state index is 11.7. The molecule has 0 aliphatic rings. The van der Waals surface area contributed by atoms with Gasteiger partial charge < -0.3 is 15.7 Å². The second kappa shape index (κ2) is 9.38. The molecule has 7 nitrogen and oxygen atoms in total. The smallest absolute Gasteiger partial charge is 0.327 e. The minimum atomic E-state index is -1.15. The molecule has 0 saturated heterocycles. The standard InChI is InChI=1S/C13H22N2O5S/c1-7(2)12(8(3)16)15-11(18)6-21-5-10(13(19)20)14-9(4)17/h7,10,12H,5-6H2,1-4H3,(H,14,17)(H,15,18)(H,19,20)/t10-,12?/m0/s1. The van der Waals surface area contributed by atoms with Crippen LogP contribution in [0.3, 0.4) is 0 Å². The van der Waals surface area contributed by atoms with Crippen molar-refractivity contribution in [2.45, 2.75) is 39.8 Å². The summed E-state index contributed by atoms with van der Waals surface area (Å²) in [7, 11) is 0. The van der Waals surface area contributed by atoms with Gasteiger partial charge >= 0.3 is 5.97 Å². The van der Waals surface area contributed by atoms with Gasteiger partial charge in [-0.2, -0.15) is 0 Å². The lowest BCUT2D eigenvalue weighted by atomic mass is 10.0. The zero-order chi connectivity index (χ0) is 16.6. The maximum Gasteiger partial charge on any atom is 0.327 e. The second-order valence-electron chi connectivity index (χ2n) is 5.01. The average Bonchev–Trinajstić information content (AvgIpc) is 2.33. The number of carbonyl (C=O) groups excluding carboxylic acids is 3. The molecule has 8 heteroatoms. The third kappa shape index (κ3) is 8.34. The molecule has 0 aromatic heterocycles. The number of nitrogens with one attached hydrogen (secondary N) is 2. The summed E-state index contributed by atoms with van der Waals surface area (Å²) in [6, 6.07) is -1.57. The highest BCUT2D eigenvalue weighted by molar-refractivity contribution is 8.00. The average molecular weight is 318 g/mol. The number of carboxylic acids is 1. The van der Waals surface area contributed by atoms with E-state index in [1.807, 2.05) is 13.8 Å². The fourth-order valence-corrected chi connectivity index (χ4v) is 2.49. The van der Waals surface area contributed by atoms with Crippen molar-refractivity contribution < 1.29 is 24.3 Å². The van der Waals surface area contributed by atoms with Gasteiger partial charge in [0, 0.05) is 12.7 Å². The fourth-order valence-electron chi connectivity index (χ4n) is 1.64. The molecule has 21 heavy (non-hydrogen) atoms. The third-order valence-corrected chi connectivity index (χ3v) is 3.65. The molecule has 0 rings (SSSR count). The summed E-state index contributed by atoms with van der Waals surface area (Å²) in [5, 5.41) is 13.8. The monoisotopic (exact) mass is 318 g/mol. The first-order valence-electron chi connectivity index (χ1n) is 6.52. The molecule has 0 heterocycles. The highest BCUT2D eigenvalue weighted by atomic mass is 32.2. The molecule has 2 atom stereocenters. The van der Waals surface area contributed by atoms with Crippen LogP contribution in [0.4, 0.5) is 0 Å². The Kier molecular flexibility index (Phi) is 8.68. The summed E-state index contributed by atoms with van der Waals surface area (Å²) in [5.74, 6) is -1.95. The SMILES string of the molecule is CC(=O)N[C@@H](CSCC(=O)NC(C(C)=O)C(C)C)C(=O)O. The van der Waals surface area contributed by atoms with Crippen molar-refractivity contribution in [2.24, 2.45) is 5.92 Å². The minimum absolute atomic E-state index is 0.0115. The first kappa shape index (κ1) is 19.4. The lowest BCUT2D eigenvalue weighted by molar-refractivity contribution is -0.140. The van der Waals surface area contributed by atoms with Gasteiger partial charge in [-0.25, -0.2) is 4.79 Å². The number of thioether (sulfide) groups is 1. The van der Waals surface area contributed by atoms with Crippen LogP contribution in [-0.2, 0) is 19.2 Å². The van der Waals surface area contributed by atoms with Crippen LogP contribution < -0.4 is 10.6 Å². The van der Waals surface area contributed by atoms with E-state index in [0.717, 1.165) is 11.8 Å². The van der Waals surface area contributed by atoms with Crippen LogP contribution in [-0.4, -0.2) is 52.3 Å². The number of hydrogen-bond donors (Lipinski definition) is 3. The molecule has 0 aliphatic heterocycles. The lowest BCUT2D eigenvalue weighted by Crippen LogP contribution is -2.45. The van der Waals surface area contributed by atoms with Gasteiger partial charge in [-0.05, 0) is 12.8 Å². The molecule has 3 N–H and O–H groups in total. The second-order valence-corrected chi connectivity index (χ2v) is 6.04. The van der Waals surface area contributed by atoms with Crippen molar-refractivity contribution in [2.75, 3.05) is 11.5 Å². The van der Waals surface area contributed by atoms with E-state index in [1.54, 1.807) is 0 Å². The Hall–Kier alpha value is -1.57. The zero-order valence-electron chi connectivity index (χ0n) is 12.6. The summed E-state index contributed by atoms with van der Waals surface area (Å²) in [5.41, 5.74) is 0. The van der Waals surface area contributed by atoms with Crippen molar-refractivity contribution in [1.82, 2.24) is 10.6 Å². The van der Waals surface area contributed by atoms with Gasteiger partial charge in [0.15, 0.2) is 5.78 Å². The van der Waals surface area contributed by atoms with Crippen LogP contribution in [0.25, 0.3) is 0 Å². The number of rotatable bonds is 9. The molecule has 0 aromatic rings. The fraction of sp³-hybridized carbons (Fsp3) is 0.692. The van der Waals surface area contributed by atoms with Gasteiger partial charge in [0.1, 0.15) is 6.04 Å². The highest BCUT2D eigenvalue weighted by Crippen LogP contribution is 2.06. The largest absolute Gasteiger partial charge is 0.480 e. The predicted octanol–water partition coefficient (Wildman–Crippen LogP) is 0.0387. The molecular weight excluding hydrogens is 296 g/mol. The molecule has 0 aliphatic carbocycles. The van der Waals surface area contributed by atoms with E-state index in [0.29, 0.717) is 0 Å². The number of Topliss-reactive ketones (excluding diaryl/α,β-unsaturated/α-hetero) is 1. The van der Waals surface area contributed by atoms with E-state index in [4.69, 9.17) is 5.11 Å². The minimum Gasteiger partial charge on any atom is -0.480 e. The molecule has 1 unspecified atom stereocenters. The van der Waals surface area contributed by atoms with Crippen LogP contribution >= 0.6 is 11.8 Å². The van der Waals surface area contributed by atoms with Crippen molar-refractivity contribution >= 4 is 35.3 Å². The van der Waals surface area contributed by atoms with E-state index in [-0.39, 0.29) is 29.1 Å². The van der Waals surface area contributed by atoms with Gasteiger partial charge in [-0.1, -0.05) is 13.8 Å². The highest BCUT2D eigenvalue weighted by Gasteiger charge is 2.22. The molecule has 0 fully saturated rings. The third-order valence-electron chi connectivity index (χ3n) is 2.61. The number of ketones is 1. The first-order chi connectivity index (χ1) is 9.65. The first-order valence-corrected chi connectivity index (χ1v) is 7.68. The number of aliphatic carboxylic acids is 1. The summed E-state index contributed by atoms with van der Waals surface area (Å²) in [6.45, 7) is 6.30. The zero-order valence-corrected chi connectivity index (χ0v) is 13.5. The Labute approximate surface area is 128 Å². The van der Waals surface area contributed by atoms with E-state index < -0.39 is 24.0 Å². The molecule has 0 spiro atoms. The number of amides is 2. The van der Waals surface area contributed by atoms with Gasteiger partial charge in [-0.3, -0.25) is 14.4 Å². The van der Waals surface area contributed by atoms with Crippen molar-refractivity contribution in [3.8, 4) is 0 Å². The predicted molar refractivity (Wildman–Crippen MR) is 80.0 cm³/mol. The summed E-state index contributed by atoms with van der Waals surface area (Å²) in [4.78, 5) is 44.8. The Morgan fingerprint density at radius 1 is 1.10 bits per heavy atom. The van der Waals surface area contributed by atoms with Crippen LogP contribution in [0, 0.1) is 5.92 Å². The normalized spacial score (nSPS) is 13.4. The van der Waals surface area contributed by atoms with E-state index >= 15 is 0 Å². The molecule has 0 bridgehead atoms. The molecule has 0 radical (unpaired) electrons. The molecule has 0 aromatic carbocycles.